The number of fused-ring (bicyclic) bond motifs is 1. The van der Waals surface area contributed by atoms with Gasteiger partial charge in [0.25, 0.3) is 5.56 Å². The molecule has 0 amide bonds. The highest BCUT2D eigenvalue weighted by molar-refractivity contribution is 5.76. The Morgan fingerprint density at radius 1 is 1.24 bits per heavy atom. The highest BCUT2D eigenvalue weighted by Crippen LogP contribution is 2.32. The minimum Gasteiger partial charge on any atom is -0.448 e. The third kappa shape index (κ3) is 3.65. The van der Waals surface area contributed by atoms with Crippen molar-refractivity contribution in [1.29, 1.82) is 0 Å². The predicted molar refractivity (Wildman–Crippen MR) is 103 cm³/mol. The molecule has 0 saturated heterocycles. The lowest BCUT2D eigenvalue weighted by Crippen LogP contribution is -2.39. The maximum absolute atomic E-state index is 13.9. The molecule has 0 atom stereocenters. The number of halogens is 2. The smallest absolute Gasteiger partial charge is 0.294 e. The van der Waals surface area contributed by atoms with Crippen molar-refractivity contribution in [3.63, 3.8) is 0 Å². The fourth-order valence-corrected chi connectivity index (χ4v) is 3.64. The van der Waals surface area contributed by atoms with Crippen molar-refractivity contribution in [3.8, 4) is 11.5 Å². The Morgan fingerprint density at radius 3 is 2.69 bits per heavy atom. The van der Waals surface area contributed by atoms with Gasteiger partial charge in [-0.25, -0.2) is 13.8 Å². The van der Waals surface area contributed by atoms with Gasteiger partial charge < -0.3 is 15.2 Å². The molecule has 0 unspecified atom stereocenters. The number of aliphatic hydroxyl groups is 1. The number of nitrogens with zero attached hydrogens (tertiary/aromatic N) is 3. The van der Waals surface area contributed by atoms with Crippen LogP contribution in [-0.4, -0.2) is 31.8 Å². The molecule has 3 aromatic rings. The molecule has 0 spiro atoms. The van der Waals surface area contributed by atoms with Gasteiger partial charge in [-0.2, -0.15) is 4.98 Å². The SMILES string of the molecule is Cn1c(=O)c(Oc2ccc(F)cc2F)cc2cnc(NC3(CO)CCCC3)nc21. The summed E-state index contributed by atoms with van der Waals surface area (Å²) in [5.74, 6) is -1.71. The predicted octanol–water partition coefficient (Wildman–Crippen LogP) is 3.12. The summed E-state index contributed by atoms with van der Waals surface area (Å²) in [7, 11) is 1.52. The lowest BCUT2D eigenvalue weighted by atomic mass is 9.99. The number of nitrogens with one attached hydrogen (secondary N) is 1. The summed E-state index contributed by atoms with van der Waals surface area (Å²) < 4.78 is 33.6. The van der Waals surface area contributed by atoms with E-state index in [9.17, 15) is 18.7 Å². The lowest BCUT2D eigenvalue weighted by Gasteiger charge is -2.27. The topological polar surface area (TPSA) is 89.3 Å². The molecule has 1 saturated carbocycles. The van der Waals surface area contributed by atoms with Crippen LogP contribution < -0.4 is 15.6 Å². The van der Waals surface area contributed by atoms with E-state index >= 15 is 0 Å². The van der Waals surface area contributed by atoms with Gasteiger partial charge in [-0.15, -0.1) is 0 Å². The average Bonchev–Trinajstić information content (AvgIpc) is 3.17. The molecule has 1 aromatic carbocycles. The van der Waals surface area contributed by atoms with Gasteiger partial charge in [0.05, 0.1) is 12.1 Å². The average molecular weight is 402 g/mol. The molecule has 2 heterocycles. The van der Waals surface area contributed by atoms with E-state index in [0.717, 1.165) is 37.8 Å². The molecule has 4 rings (SSSR count). The summed E-state index contributed by atoms with van der Waals surface area (Å²) in [5.41, 5.74) is -0.607. The van der Waals surface area contributed by atoms with Crippen LogP contribution in [0.3, 0.4) is 0 Å². The summed E-state index contributed by atoms with van der Waals surface area (Å²) in [5, 5.41) is 13.5. The minimum absolute atomic E-state index is 0.0245. The van der Waals surface area contributed by atoms with E-state index in [2.05, 4.69) is 15.3 Å². The van der Waals surface area contributed by atoms with Crippen LogP contribution in [0.1, 0.15) is 25.7 Å². The fourth-order valence-electron chi connectivity index (χ4n) is 3.64. The van der Waals surface area contributed by atoms with Gasteiger partial charge in [0, 0.05) is 24.7 Å². The van der Waals surface area contributed by atoms with Gasteiger partial charge in [0.1, 0.15) is 11.5 Å². The molecular weight excluding hydrogens is 382 g/mol. The van der Waals surface area contributed by atoms with Gasteiger partial charge in [-0.1, -0.05) is 12.8 Å². The largest absolute Gasteiger partial charge is 0.448 e. The lowest BCUT2D eigenvalue weighted by molar-refractivity contribution is 0.213. The Hall–Kier alpha value is -3.07. The molecule has 2 N–H and O–H groups in total. The Labute approximate surface area is 165 Å². The molecule has 7 nitrogen and oxygen atoms in total. The summed E-state index contributed by atoms with van der Waals surface area (Å²) in [6.07, 6.45) is 5.19. The molecule has 0 bridgehead atoms. The number of aromatic nitrogens is 3. The molecule has 2 aromatic heterocycles. The van der Waals surface area contributed by atoms with Crippen LogP contribution in [0.15, 0.2) is 35.3 Å². The summed E-state index contributed by atoms with van der Waals surface area (Å²) in [6.45, 7) is -0.0245. The quantitative estimate of drug-likeness (QED) is 0.682. The van der Waals surface area contributed by atoms with E-state index in [1.54, 1.807) is 0 Å². The van der Waals surface area contributed by atoms with E-state index in [1.807, 2.05) is 0 Å². The first-order valence-corrected chi connectivity index (χ1v) is 9.29. The van der Waals surface area contributed by atoms with Crippen LogP contribution in [-0.2, 0) is 7.05 Å². The van der Waals surface area contributed by atoms with Crippen molar-refractivity contribution in [2.75, 3.05) is 11.9 Å². The molecule has 152 valence electrons. The van der Waals surface area contributed by atoms with Crippen molar-refractivity contribution in [3.05, 3.63) is 52.5 Å². The first-order valence-electron chi connectivity index (χ1n) is 9.29. The first kappa shape index (κ1) is 19.3. The zero-order valence-electron chi connectivity index (χ0n) is 15.8. The van der Waals surface area contributed by atoms with E-state index in [-0.39, 0.29) is 18.1 Å². The number of benzene rings is 1. The van der Waals surface area contributed by atoms with E-state index in [4.69, 9.17) is 4.74 Å². The number of pyridine rings is 1. The first-order chi connectivity index (χ1) is 13.9. The van der Waals surface area contributed by atoms with E-state index in [0.29, 0.717) is 23.0 Å². The van der Waals surface area contributed by atoms with Gasteiger partial charge in [0.2, 0.25) is 5.95 Å². The zero-order chi connectivity index (χ0) is 20.6. The molecule has 1 aliphatic carbocycles. The van der Waals surface area contributed by atoms with Crippen LogP contribution in [0.5, 0.6) is 11.5 Å². The van der Waals surface area contributed by atoms with Crippen molar-refractivity contribution in [2.24, 2.45) is 7.05 Å². The third-order valence-corrected chi connectivity index (χ3v) is 5.27. The van der Waals surface area contributed by atoms with Crippen LogP contribution in [0.2, 0.25) is 0 Å². The Balaban J connectivity index is 1.69. The van der Waals surface area contributed by atoms with Gasteiger partial charge in [-0.05, 0) is 31.0 Å². The maximum atomic E-state index is 13.9. The zero-order valence-corrected chi connectivity index (χ0v) is 15.8. The molecule has 0 aliphatic heterocycles. The minimum atomic E-state index is -0.909. The van der Waals surface area contributed by atoms with Crippen molar-refractivity contribution in [1.82, 2.24) is 14.5 Å². The normalized spacial score (nSPS) is 15.6. The van der Waals surface area contributed by atoms with Crippen LogP contribution in [0.25, 0.3) is 11.0 Å². The van der Waals surface area contributed by atoms with Gasteiger partial charge in [-0.3, -0.25) is 9.36 Å². The Morgan fingerprint density at radius 2 is 2.00 bits per heavy atom. The maximum Gasteiger partial charge on any atom is 0.294 e. The second-order valence-corrected chi connectivity index (χ2v) is 7.29. The summed E-state index contributed by atoms with van der Waals surface area (Å²) in [4.78, 5) is 21.4. The fraction of sp³-hybridized carbons (Fsp3) is 0.350. The molecule has 1 fully saturated rings. The monoisotopic (exact) mass is 402 g/mol. The molecular formula is C20H20F2N4O3. The van der Waals surface area contributed by atoms with Crippen molar-refractivity contribution in [2.45, 2.75) is 31.2 Å². The molecule has 0 radical (unpaired) electrons. The summed E-state index contributed by atoms with van der Waals surface area (Å²) >= 11 is 0. The van der Waals surface area contributed by atoms with Crippen LogP contribution in [0, 0.1) is 11.6 Å². The Kier molecular flexibility index (Phi) is 4.91. The van der Waals surface area contributed by atoms with Crippen LogP contribution >= 0.6 is 0 Å². The van der Waals surface area contributed by atoms with Crippen LogP contribution in [0.4, 0.5) is 14.7 Å². The highest BCUT2D eigenvalue weighted by Gasteiger charge is 2.33. The number of hydrogen-bond donors (Lipinski definition) is 2. The Bertz CT molecular complexity index is 1130. The summed E-state index contributed by atoms with van der Waals surface area (Å²) in [6, 6.07) is 4.27. The number of aliphatic hydroxyl groups excluding tert-OH is 1. The third-order valence-electron chi connectivity index (χ3n) is 5.27. The second-order valence-electron chi connectivity index (χ2n) is 7.29. The second kappa shape index (κ2) is 7.40. The standard InChI is InChI=1S/C20H20F2N4O3/c1-26-17-12(10-23-19(24-17)25-20(11-27)6-2-3-7-20)8-16(18(26)28)29-15-5-4-13(21)9-14(15)22/h4-5,8-10,27H,2-3,6-7,11H2,1H3,(H,23,24,25). The molecule has 1 aliphatic rings. The number of ether oxygens (including phenoxy) is 1. The highest BCUT2D eigenvalue weighted by atomic mass is 19.1. The number of anilines is 1. The van der Waals surface area contributed by atoms with E-state index in [1.165, 1.54) is 23.9 Å². The van der Waals surface area contributed by atoms with E-state index < -0.39 is 22.7 Å². The molecule has 9 heteroatoms. The van der Waals surface area contributed by atoms with Crippen molar-refractivity contribution >= 4 is 17.0 Å². The van der Waals surface area contributed by atoms with Gasteiger partial charge >= 0.3 is 0 Å². The van der Waals surface area contributed by atoms with Gasteiger partial charge in [0.15, 0.2) is 17.3 Å². The number of hydrogen-bond acceptors (Lipinski definition) is 6. The molecule has 29 heavy (non-hydrogen) atoms. The van der Waals surface area contributed by atoms with Crippen molar-refractivity contribution < 1.29 is 18.6 Å². The number of aryl methyl sites for hydroxylation is 1. The number of rotatable bonds is 5.